The van der Waals surface area contributed by atoms with Crippen molar-refractivity contribution in [2.75, 3.05) is 0 Å². The number of hydrogen-bond acceptors (Lipinski definition) is 2. The highest BCUT2D eigenvalue weighted by molar-refractivity contribution is 5.40. The zero-order chi connectivity index (χ0) is 11.5. The molecule has 16 heavy (non-hydrogen) atoms. The van der Waals surface area contributed by atoms with Crippen LogP contribution in [0.1, 0.15) is 16.7 Å². The van der Waals surface area contributed by atoms with Gasteiger partial charge in [0.05, 0.1) is 0 Å². The van der Waals surface area contributed by atoms with Gasteiger partial charge in [-0.25, -0.2) is 0 Å². The lowest BCUT2D eigenvalue weighted by molar-refractivity contribution is 0.469. The molecule has 2 aromatic rings. The van der Waals surface area contributed by atoms with Crippen molar-refractivity contribution in [1.82, 2.24) is 0 Å². The monoisotopic (exact) mass is 214 g/mol. The number of benzene rings is 2. The summed E-state index contributed by atoms with van der Waals surface area (Å²) in [6.45, 7) is 2.00. The molecule has 0 aromatic heterocycles. The smallest absolute Gasteiger partial charge is 0.119 e. The Morgan fingerprint density at radius 1 is 0.938 bits per heavy atom. The van der Waals surface area contributed by atoms with Gasteiger partial charge in [0, 0.05) is 6.42 Å². The fourth-order valence-electron chi connectivity index (χ4n) is 1.69. The van der Waals surface area contributed by atoms with Gasteiger partial charge in [-0.05, 0) is 36.2 Å². The average Bonchev–Trinajstić information content (AvgIpc) is 2.27. The fourth-order valence-corrected chi connectivity index (χ4v) is 1.69. The molecular formula is C14H14O2. The number of hydrogen-bond donors (Lipinski definition) is 2. The Balaban J connectivity index is 2.26. The minimum atomic E-state index is 0.261. The molecule has 0 aliphatic carbocycles. The summed E-state index contributed by atoms with van der Waals surface area (Å²) < 4.78 is 0. The maximum Gasteiger partial charge on any atom is 0.119 e. The molecule has 2 heteroatoms. The molecule has 0 heterocycles. The van der Waals surface area contributed by atoms with Crippen LogP contribution in [0.15, 0.2) is 42.5 Å². The van der Waals surface area contributed by atoms with Crippen LogP contribution in [0.4, 0.5) is 0 Å². The van der Waals surface area contributed by atoms with Crippen LogP contribution in [-0.2, 0) is 6.42 Å². The van der Waals surface area contributed by atoms with Crippen LogP contribution in [-0.4, -0.2) is 10.2 Å². The minimum absolute atomic E-state index is 0.261. The van der Waals surface area contributed by atoms with Crippen LogP contribution in [0, 0.1) is 6.92 Å². The molecule has 0 saturated heterocycles. The van der Waals surface area contributed by atoms with Gasteiger partial charge >= 0.3 is 0 Å². The van der Waals surface area contributed by atoms with E-state index in [2.05, 4.69) is 0 Å². The lowest BCUT2D eigenvalue weighted by Gasteiger charge is -2.06. The van der Waals surface area contributed by atoms with E-state index in [0.717, 1.165) is 16.7 Å². The first-order valence-electron chi connectivity index (χ1n) is 5.21. The van der Waals surface area contributed by atoms with Gasteiger partial charge in [-0.3, -0.25) is 0 Å². The lowest BCUT2D eigenvalue weighted by Crippen LogP contribution is -1.89. The molecule has 2 rings (SSSR count). The molecule has 82 valence electrons. The average molecular weight is 214 g/mol. The number of aryl methyl sites for hydroxylation is 1. The molecular weight excluding hydrogens is 200 g/mol. The molecule has 0 bridgehead atoms. The summed E-state index contributed by atoms with van der Waals surface area (Å²) in [7, 11) is 0. The van der Waals surface area contributed by atoms with Crippen molar-refractivity contribution in [3.05, 3.63) is 59.2 Å². The van der Waals surface area contributed by atoms with E-state index in [1.165, 1.54) is 0 Å². The van der Waals surface area contributed by atoms with Gasteiger partial charge in [-0.1, -0.05) is 29.8 Å². The van der Waals surface area contributed by atoms with Crippen LogP contribution in [0.3, 0.4) is 0 Å². The third-order valence-corrected chi connectivity index (χ3v) is 2.57. The van der Waals surface area contributed by atoms with E-state index in [9.17, 15) is 10.2 Å². The predicted molar refractivity (Wildman–Crippen MR) is 63.8 cm³/mol. The van der Waals surface area contributed by atoms with E-state index in [1.54, 1.807) is 18.2 Å². The highest BCUT2D eigenvalue weighted by Crippen LogP contribution is 2.22. The maximum absolute atomic E-state index is 9.70. The Morgan fingerprint density at radius 2 is 1.62 bits per heavy atom. The highest BCUT2D eigenvalue weighted by atomic mass is 16.3. The van der Waals surface area contributed by atoms with E-state index in [-0.39, 0.29) is 5.75 Å². The first kappa shape index (κ1) is 10.6. The molecule has 0 fully saturated rings. The van der Waals surface area contributed by atoms with Gasteiger partial charge in [0.2, 0.25) is 0 Å². The summed E-state index contributed by atoms with van der Waals surface area (Å²) in [5.41, 5.74) is 3.11. The zero-order valence-corrected chi connectivity index (χ0v) is 9.14. The number of phenolic OH excluding ortho intramolecular Hbond substituents is 2. The van der Waals surface area contributed by atoms with Gasteiger partial charge in [-0.2, -0.15) is 0 Å². The van der Waals surface area contributed by atoms with Crippen LogP contribution in [0.2, 0.25) is 0 Å². The molecule has 0 amide bonds. The molecule has 0 spiro atoms. The first-order chi connectivity index (χ1) is 7.65. The van der Waals surface area contributed by atoms with Crippen LogP contribution >= 0.6 is 0 Å². The second kappa shape index (κ2) is 4.27. The Morgan fingerprint density at radius 3 is 2.31 bits per heavy atom. The molecule has 0 unspecified atom stereocenters. The molecule has 2 aromatic carbocycles. The van der Waals surface area contributed by atoms with E-state index in [0.29, 0.717) is 12.2 Å². The normalized spacial score (nSPS) is 10.3. The topological polar surface area (TPSA) is 40.5 Å². The summed E-state index contributed by atoms with van der Waals surface area (Å²) in [6.07, 6.45) is 0.674. The highest BCUT2D eigenvalue weighted by Gasteiger charge is 2.02. The third kappa shape index (κ3) is 2.34. The van der Waals surface area contributed by atoms with E-state index in [4.69, 9.17) is 0 Å². The summed E-state index contributed by atoms with van der Waals surface area (Å²) >= 11 is 0. The first-order valence-corrected chi connectivity index (χ1v) is 5.21. The number of phenols is 2. The van der Waals surface area contributed by atoms with Crippen LogP contribution in [0.5, 0.6) is 11.5 Å². The number of aromatic hydroxyl groups is 2. The Hall–Kier alpha value is -1.96. The predicted octanol–water partition coefficient (Wildman–Crippen LogP) is 3.00. The third-order valence-electron chi connectivity index (χ3n) is 2.57. The molecule has 0 aliphatic rings. The summed E-state index contributed by atoms with van der Waals surface area (Å²) in [6, 6.07) is 12.6. The standard InChI is InChI=1S/C14H14O2/c1-10-2-7-14(16)12(8-10)9-11-3-5-13(15)6-4-11/h2-8,15-16H,9H2,1H3. The molecule has 0 aliphatic heterocycles. The summed E-state index contributed by atoms with van der Waals surface area (Å²) in [4.78, 5) is 0. The molecule has 0 atom stereocenters. The van der Waals surface area contributed by atoms with Crippen LogP contribution in [0.25, 0.3) is 0 Å². The molecule has 0 radical (unpaired) electrons. The van der Waals surface area contributed by atoms with Crippen LogP contribution < -0.4 is 0 Å². The van der Waals surface area contributed by atoms with E-state index < -0.39 is 0 Å². The molecule has 0 saturated carbocycles. The van der Waals surface area contributed by atoms with Crippen molar-refractivity contribution < 1.29 is 10.2 Å². The van der Waals surface area contributed by atoms with E-state index >= 15 is 0 Å². The van der Waals surface area contributed by atoms with Crippen molar-refractivity contribution in [3.63, 3.8) is 0 Å². The van der Waals surface area contributed by atoms with Crippen molar-refractivity contribution in [3.8, 4) is 11.5 Å². The van der Waals surface area contributed by atoms with Crippen molar-refractivity contribution in [2.45, 2.75) is 13.3 Å². The SMILES string of the molecule is Cc1ccc(O)c(Cc2ccc(O)cc2)c1. The van der Waals surface area contributed by atoms with E-state index in [1.807, 2.05) is 31.2 Å². The molecule has 2 N–H and O–H groups in total. The van der Waals surface area contributed by atoms with Crippen molar-refractivity contribution >= 4 is 0 Å². The Labute approximate surface area is 94.8 Å². The zero-order valence-electron chi connectivity index (χ0n) is 9.14. The van der Waals surface area contributed by atoms with Gasteiger partial charge in [-0.15, -0.1) is 0 Å². The quantitative estimate of drug-likeness (QED) is 0.806. The van der Waals surface area contributed by atoms with Crippen molar-refractivity contribution in [1.29, 1.82) is 0 Å². The van der Waals surface area contributed by atoms with Gasteiger partial charge in [0.15, 0.2) is 0 Å². The van der Waals surface area contributed by atoms with Gasteiger partial charge in [0.25, 0.3) is 0 Å². The van der Waals surface area contributed by atoms with Gasteiger partial charge < -0.3 is 10.2 Å². The number of rotatable bonds is 2. The second-order valence-corrected chi connectivity index (χ2v) is 3.98. The van der Waals surface area contributed by atoms with Gasteiger partial charge in [0.1, 0.15) is 11.5 Å². The largest absolute Gasteiger partial charge is 0.508 e. The maximum atomic E-state index is 9.70. The Bertz CT molecular complexity index is 487. The molecule has 2 nitrogen and oxygen atoms in total. The summed E-state index contributed by atoms with van der Waals surface area (Å²) in [5, 5.41) is 18.9. The fraction of sp³-hybridized carbons (Fsp3) is 0.143. The Kier molecular flexibility index (Phi) is 2.82. The second-order valence-electron chi connectivity index (χ2n) is 3.98. The lowest BCUT2D eigenvalue weighted by atomic mass is 10.0. The summed E-state index contributed by atoms with van der Waals surface area (Å²) in [5.74, 6) is 0.580. The minimum Gasteiger partial charge on any atom is -0.508 e. The van der Waals surface area contributed by atoms with Crippen molar-refractivity contribution in [2.24, 2.45) is 0 Å².